The fourth-order valence-corrected chi connectivity index (χ4v) is 1.61. The van der Waals surface area contributed by atoms with Gasteiger partial charge in [-0.2, -0.15) is 0 Å². The molecule has 1 aromatic rings. The van der Waals surface area contributed by atoms with Gasteiger partial charge in [-0.3, -0.25) is 4.90 Å². The van der Waals surface area contributed by atoms with Crippen molar-refractivity contribution in [2.24, 2.45) is 0 Å². The lowest BCUT2D eigenvalue weighted by Gasteiger charge is -2.24. The topological polar surface area (TPSA) is 37.6 Å². The second-order valence-electron chi connectivity index (χ2n) is 4.39. The van der Waals surface area contributed by atoms with Crippen molar-refractivity contribution in [1.82, 2.24) is 10.2 Å². The van der Waals surface area contributed by atoms with E-state index in [2.05, 4.69) is 24.2 Å². The average Bonchev–Trinajstić information content (AvgIpc) is 2.81. The Kier molecular flexibility index (Phi) is 6.93. The molecule has 4 nitrogen and oxygen atoms in total. The first kappa shape index (κ1) is 14.2. The summed E-state index contributed by atoms with van der Waals surface area (Å²) in [4.78, 5) is 2.28. The number of ether oxygens (including phenoxy) is 1. The van der Waals surface area contributed by atoms with Crippen LogP contribution in [0.25, 0.3) is 0 Å². The second-order valence-corrected chi connectivity index (χ2v) is 4.39. The van der Waals surface area contributed by atoms with Crippen molar-refractivity contribution >= 4 is 0 Å². The number of nitrogens with zero attached hydrogens (tertiary/aromatic N) is 1. The maximum atomic E-state index is 5.33. The third-order valence-electron chi connectivity index (χ3n) is 2.88. The summed E-state index contributed by atoms with van der Waals surface area (Å²) in [6, 6.07) is 4.43. The zero-order valence-electron chi connectivity index (χ0n) is 11.1. The van der Waals surface area contributed by atoms with Crippen LogP contribution in [0, 0.1) is 0 Å². The molecule has 0 aliphatic rings. The van der Waals surface area contributed by atoms with Crippen LogP contribution in [0.4, 0.5) is 0 Å². The Bertz CT molecular complexity index is 275. The van der Waals surface area contributed by atoms with Gasteiger partial charge in [-0.25, -0.2) is 0 Å². The Balaban J connectivity index is 2.11. The molecule has 1 unspecified atom stereocenters. The van der Waals surface area contributed by atoms with Gasteiger partial charge in [0.2, 0.25) is 0 Å². The number of furan rings is 1. The predicted octanol–water partition coefficient (Wildman–Crippen LogP) is 1.73. The van der Waals surface area contributed by atoms with E-state index in [9.17, 15) is 0 Å². The number of rotatable bonds is 9. The van der Waals surface area contributed by atoms with Crippen molar-refractivity contribution in [3.8, 4) is 0 Å². The lowest BCUT2D eigenvalue weighted by Crippen LogP contribution is -2.37. The van der Waals surface area contributed by atoms with E-state index in [1.54, 1.807) is 13.4 Å². The van der Waals surface area contributed by atoms with Crippen LogP contribution in [0.3, 0.4) is 0 Å². The normalized spacial score (nSPS) is 13.2. The molecule has 0 aliphatic heterocycles. The van der Waals surface area contributed by atoms with Gasteiger partial charge in [0, 0.05) is 26.3 Å². The molecule has 0 aliphatic carbocycles. The lowest BCUT2D eigenvalue weighted by molar-refractivity contribution is 0.190. The molecule has 1 N–H and O–H groups in total. The van der Waals surface area contributed by atoms with Gasteiger partial charge in [-0.1, -0.05) is 0 Å². The second kappa shape index (κ2) is 8.28. The highest BCUT2D eigenvalue weighted by Gasteiger charge is 2.10. The van der Waals surface area contributed by atoms with Crippen LogP contribution < -0.4 is 5.32 Å². The van der Waals surface area contributed by atoms with Crippen LogP contribution in [0.5, 0.6) is 0 Å². The van der Waals surface area contributed by atoms with Crippen molar-refractivity contribution in [3.05, 3.63) is 24.2 Å². The molecule has 0 aromatic carbocycles. The van der Waals surface area contributed by atoms with E-state index in [1.807, 2.05) is 12.1 Å². The monoisotopic (exact) mass is 240 g/mol. The fourth-order valence-electron chi connectivity index (χ4n) is 1.61. The van der Waals surface area contributed by atoms with E-state index in [0.29, 0.717) is 6.04 Å². The molecule has 0 saturated heterocycles. The van der Waals surface area contributed by atoms with Gasteiger partial charge >= 0.3 is 0 Å². The first-order chi connectivity index (χ1) is 8.24. The summed E-state index contributed by atoms with van der Waals surface area (Å²) >= 11 is 0. The predicted molar refractivity (Wildman–Crippen MR) is 69.0 cm³/mol. The SMILES string of the molecule is COCCCNCC(C)N(C)Cc1ccco1. The lowest BCUT2D eigenvalue weighted by atomic mass is 10.2. The Morgan fingerprint density at radius 3 is 3.00 bits per heavy atom. The standard InChI is InChI=1S/C13H24N2O2/c1-12(10-14-7-5-8-16-3)15(2)11-13-6-4-9-17-13/h4,6,9,12,14H,5,7-8,10-11H2,1-3H3. The van der Waals surface area contributed by atoms with Crippen LogP contribution in [-0.2, 0) is 11.3 Å². The van der Waals surface area contributed by atoms with Crippen molar-refractivity contribution < 1.29 is 9.15 Å². The summed E-state index contributed by atoms with van der Waals surface area (Å²) in [6.45, 7) is 5.89. The summed E-state index contributed by atoms with van der Waals surface area (Å²) < 4.78 is 10.3. The fraction of sp³-hybridized carbons (Fsp3) is 0.692. The number of nitrogens with one attached hydrogen (secondary N) is 1. The Labute approximate surface area is 104 Å². The average molecular weight is 240 g/mol. The molecule has 1 heterocycles. The maximum Gasteiger partial charge on any atom is 0.117 e. The zero-order valence-corrected chi connectivity index (χ0v) is 11.1. The Morgan fingerprint density at radius 2 is 2.35 bits per heavy atom. The summed E-state index contributed by atoms with van der Waals surface area (Å²) in [5.41, 5.74) is 0. The van der Waals surface area contributed by atoms with Crippen LogP contribution in [0.1, 0.15) is 19.1 Å². The minimum absolute atomic E-state index is 0.489. The third-order valence-corrected chi connectivity index (χ3v) is 2.88. The molecule has 1 rings (SSSR count). The van der Waals surface area contributed by atoms with Gasteiger partial charge in [0.25, 0.3) is 0 Å². The molecular weight excluding hydrogens is 216 g/mol. The molecule has 98 valence electrons. The third kappa shape index (κ3) is 5.86. The summed E-state index contributed by atoms with van der Waals surface area (Å²) in [5, 5.41) is 3.43. The molecule has 17 heavy (non-hydrogen) atoms. The van der Waals surface area contributed by atoms with Gasteiger partial charge in [0.15, 0.2) is 0 Å². The maximum absolute atomic E-state index is 5.33. The Hall–Kier alpha value is -0.840. The van der Waals surface area contributed by atoms with Gasteiger partial charge in [0.05, 0.1) is 12.8 Å². The molecule has 0 saturated carbocycles. The van der Waals surface area contributed by atoms with Crippen LogP contribution >= 0.6 is 0 Å². The molecular formula is C13H24N2O2. The van der Waals surface area contributed by atoms with Crippen molar-refractivity contribution in [2.75, 3.05) is 33.9 Å². The van der Waals surface area contributed by atoms with Gasteiger partial charge in [-0.05, 0) is 39.1 Å². The van der Waals surface area contributed by atoms with E-state index in [-0.39, 0.29) is 0 Å². The highest BCUT2D eigenvalue weighted by atomic mass is 16.5. The molecule has 0 bridgehead atoms. The number of methoxy groups -OCH3 is 1. The number of likely N-dealkylation sites (N-methyl/N-ethyl adjacent to an activating group) is 1. The minimum Gasteiger partial charge on any atom is -0.468 e. The van der Waals surface area contributed by atoms with Crippen molar-refractivity contribution in [1.29, 1.82) is 0 Å². The van der Waals surface area contributed by atoms with Gasteiger partial charge in [0.1, 0.15) is 5.76 Å². The van der Waals surface area contributed by atoms with Crippen LogP contribution in [0.15, 0.2) is 22.8 Å². The molecule has 0 spiro atoms. The number of hydrogen-bond acceptors (Lipinski definition) is 4. The first-order valence-electron chi connectivity index (χ1n) is 6.16. The van der Waals surface area contributed by atoms with Gasteiger partial charge < -0.3 is 14.5 Å². The van der Waals surface area contributed by atoms with Crippen LogP contribution in [-0.4, -0.2) is 44.8 Å². The molecule has 1 aromatic heterocycles. The highest BCUT2D eigenvalue weighted by Crippen LogP contribution is 2.06. The molecule has 1 atom stereocenters. The summed E-state index contributed by atoms with van der Waals surface area (Å²) in [5.74, 6) is 1.01. The minimum atomic E-state index is 0.489. The van der Waals surface area contributed by atoms with E-state index < -0.39 is 0 Å². The summed E-state index contributed by atoms with van der Waals surface area (Å²) in [6.07, 6.45) is 2.78. The van der Waals surface area contributed by atoms with Crippen molar-refractivity contribution in [3.63, 3.8) is 0 Å². The smallest absolute Gasteiger partial charge is 0.117 e. The van der Waals surface area contributed by atoms with Crippen molar-refractivity contribution in [2.45, 2.75) is 25.9 Å². The van der Waals surface area contributed by atoms with E-state index in [0.717, 1.165) is 38.4 Å². The summed E-state index contributed by atoms with van der Waals surface area (Å²) in [7, 11) is 3.85. The molecule has 0 amide bonds. The van der Waals surface area contributed by atoms with E-state index in [4.69, 9.17) is 9.15 Å². The molecule has 4 heteroatoms. The molecule has 0 fully saturated rings. The van der Waals surface area contributed by atoms with E-state index in [1.165, 1.54) is 0 Å². The largest absolute Gasteiger partial charge is 0.468 e. The molecule has 0 radical (unpaired) electrons. The quantitative estimate of drug-likeness (QED) is 0.667. The van der Waals surface area contributed by atoms with Crippen LogP contribution in [0.2, 0.25) is 0 Å². The van der Waals surface area contributed by atoms with E-state index >= 15 is 0 Å². The zero-order chi connectivity index (χ0) is 12.5. The highest BCUT2D eigenvalue weighted by molar-refractivity contribution is 4.97. The Morgan fingerprint density at radius 1 is 1.53 bits per heavy atom. The number of hydrogen-bond donors (Lipinski definition) is 1. The van der Waals surface area contributed by atoms with Gasteiger partial charge in [-0.15, -0.1) is 0 Å². The first-order valence-corrected chi connectivity index (χ1v) is 6.16.